The second kappa shape index (κ2) is 8.94. The molecule has 2 aromatic carbocycles. The largest absolute Gasteiger partial charge is 0.497 e. The van der Waals surface area contributed by atoms with Crippen LogP contribution in [-0.2, 0) is 11.2 Å². The molecule has 30 heavy (non-hydrogen) atoms. The Kier molecular flexibility index (Phi) is 6.34. The van der Waals surface area contributed by atoms with Crippen LogP contribution in [0.4, 0.5) is 4.79 Å². The zero-order valence-corrected chi connectivity index (χ0v) is 17.5. The van der Waals surface area contributed by atoms with E-state index in [1.165, 1.54) is 6.92 Å². The molecule has 0 fully saturated rings. The number of benzene rings is 2. The second-order valence-corrected chi connectivity index (χ2v) is 7.03. The number of hydrogen-bond acceptors (Lipinski definition) is 5. The molecule has 0 radical (unpaired) electrons. The highest BCUT2D eigenvalue weighted by molar-refractivity contribution is 5.83. The van der Waals surface area contributed by atoms with E-state index in [2.05, 4.69) is 5.32 Å². The van der Waals surface area contributed by atoms with E-state index in [0.29, 0.717) is 30.2 Å². The van der Waals surface area contributed by atoms with Crippen LogP contribution in [0, 0.1) is 0 Å². The van der Waals surface area contributed by atoms with Crippen LogP contribution >= 0.6 is 0 Å². The second-order valence-electron chi connectivity index (χ2n) is 7.03. The Bertz CT molecular complexity index is 928. The van der Waals surface area contributed by atoms with Gasteiger partial charge < -0.3 is 29.5 Å². The maximum Gasteiger partial charge on any atom is 0.325 e. The lowest BCUT2D eigenvalue weighted by atomic mass is 9.87. The zero-order chi connectivity index (χ0) is 21.8. The molecule has 8 heteroatoms. The van der Waals surface area contributed by atoms with Crippen LogP contribution in [0.25, 0.3) is 0 Å². The summed E-state index contributed by atoms with van der Waals surface area (Å²) in [6.07, 6.45) is 0.608. The van der Waals surface area contributed by atoms with Gasteiger partial charge in [0.15, 0.2) is 11.5 Å². The topological polar surface area (TPSA) is 97.3 Å². The summed E-state index contributed by atoms with van der Waals surface area (Å²) in [4.78, 5) is 25.8. The molecule has 2 atom stereocenters. The molecule has 160 valence electrons. The monoisotopic (exact) mass is 414 g/mol. The molecule has 0 aliphatic carbocycles. The summed E-state index contributed by atoms with van der Waals surface area (Å²) in [5.74, 6) is 0.809. The van der Waals surface area contributed by atoms with Gasteiger partial charge in [-0.1, -0.05) is 12.1 Å². The number of nitrogens with zero attached hydrogens (tertiary/aromatic N) is 1. The molecule has 2 aromatic rings. The van der Waals surface area contributed by atoms with Crippen LogP contribution in [0.1, 0.15) is 29.7 Å². The molecule has 0 spiro atoms. The van der Waals surface area contributed by atoms with Crippen LogP contribution < -0.4 is 19.5 Å². The van der Waals surface area contributed by atoms with Crippen molar-refractivity contribution in [3.8, 4) is 17.2 Å². The lowest BCUT2D eigenvalue weighted by molar-refractivity contribution is -0.138. The van der Waals surface area contributed by atoms with Gasteiger partial charge in [0.05, 0.1) is 27.4 Å². The van der Waals surface area contributed by atoms with Gasteiger partial charge in [-0.15, -0.1) is 0 Å². The Balaban J connectivity index is 2.07. The van der Waals surface area contributed by atoms with Gasteiger partial charge in [0.1, 0.15) is 11.8 Å². The van der Waals surface area contributed by atoms with Crippen molar-refractivity contribution in [2.45, 2.75) is 25.4 Å². The van der Waals surface area contributed by atoms with Gasteiger partial charge in [-0.25, -0.2) is 4.79 Å². The average Bonchev–Trinajstić information content (AvgIpc) is 2.77. The molecule has 1 aliphatic rings. The van der Waals surface area contributed by atoms with E-state index in [0.717, 1.165) is 16.7 Å². The molecule has 2 amide bonds. The summed E-state index contributed by atoms with van der Waals surface area (Å²) in [6, 6.07) is 9.42. The third-order valence-corrected chi connectivity index (χ3v) is 5.28. The number of hydrogen-bond donors (Lipinski definition) is 2. The highest BCUT2D eigenvalue weighted by Gasteiger charge is 2.34. The number of aliphatic carboxylic acids is 1. The number of ether oxygens (including phenoxy) is 3. The smallest absolute Gasteiger partial charge is 0.325 e. The molecule has 2 N–H and O–H groups in total. The fraction of sp³-hybridized carbons (Fsp3) is 0.364. The minimum Gasteiger partial charge on any atom is -0.497 e. The highest BCUT2D eigenvalue weighted by Crippen LogP contribution is 2.41. The lowest BCUT2D eigenvalue weighted by Crippen LogP contribution is -2.50. The standard InChI is InChI=1S/C22H26N2O6/c1-13(21(25)26)23-22(27)24-10-9-15-11-18(29-3)19(30-4)12-17(15)20(24)14-5-7-16(28-2)8-6-14/h5-8,11-13,20H,9-10H2,1-4H3,(H,23,27)(H,25,26)/t13-,20-/m0/s1. The molecule has 1 heterocycles. The molecule has 0 aromatic heterocycles. The Morgan fingerprint density at radius 1 is 1.07 bits per heavy atom. The lowest BCUT2D eigenvalue weighted by Gasteiger charge is -2.38. The van der Waals surface area contributed by atoms with Crippen LogP contribution in [0.2, 0.25) is 0 Å². The number of nitrogens with one attached hydrogen (secondary N) is 1. The number of carbonyl (C=O) groups excluding carboxylic acids is 1. The van der Waals surface area contributed by atoms with Crippen molar-refractivity contribution in [1.82, 2.24) is 10.2 Å². The van der Waals surface area contributed by atoms with Gasteiger partial charge in [0.25, 0.3) is 0 Å². The summed E-state index contributed by atoms with van der Waals surface area (Å²) in [7, 11) is 4.74. The first-order chi connectivity index (χ1) is 14.4. The van der Waals surface area contributed by atoms with E-state index in [-0.39, 0.29) is 0 Å². The van der Waals surface area contributed by atoms with Crippen molar-refractivity contribution < 1.29 is 28.9 Å². The fourth-order valence-electron chi connectivity index (χ4n) is 3.64. The normalized spacial score (nSPS) is 16.3. The molecule has 0 saturated carbocycles. The summed E-state index contributed by atoms with van der Waals surface area (Å²) in [6.45, 7) is 1.87. The van der Waals surface area contributed by atoms with Gasteiger partial charge in [-0.05, 0) is 54.3 Å². The van der Waals surface area contributed by atoms with Gasteiger partial charge in [-0.2, -0.15) is 0 Å². The molecular formula is C22H26N2O6. The third-order valence-electron chi connectivity index (χ3n) is 5.28. The predicted molar refractivity (Wildman–Crippen MR) is 110 cm³/mol. The van der Waals surface area contributed by atoms with Crippen LogP contribution in [0.15, 0.2) is 36.4 Å². The van der Waals surface area contributed by atoms with Crippen LogP contribution in [-0.4, -0.2) is 55.9 Å². The molecule has 8 nitrogen and oxygen atoms in total. The first-order valence-corrected chi connectivity index (χ1v) is 9.58. The average molecular weight is 414 g/mol. The van der Waals surface area contributed by atoms with E-state index in [1.807, 2.05) is 36.4 Å². The number of amides is 2. The number of carboxylic acid groups (broad SMARTS) is 1. The first kappa shape index (κ1) is 21.3. The number of rotatable bonds is 6. The van der Waals surface area contributed by atoms with Crippen molar-refractivity contribution >= 4 is 12.0 Å². The Hall–Kier alpha value is -3.42. The Morgan fingerprint density at radius 3 is 2.27 bits per heavy atom. The van der Waals surface area contributed by atoms with E-state index < -0.39 is 24.1 Å². The number of carboxylic acids is 1. The quantitative estimate of drug-likeness (QED) is 0.754. The molecule has 3 rings (SSSR count). The molecular weight excluding hydrogens is 388 g/mol. The summed E-state index contributed by atoms with van der Waals surface area (Å²) in [5.41, 5.74) is 2.83. The minimum absolute atomic E-state index is 0.416. The number of carbonyl (C=O) groups is 2. The van der Waals surface area contributed by atoms with Crippen molar-refractivity contribution in [1.29, 1.82) is 0 Å². The van der Waals surface area contributed by atoms with Gasteiger partial charge in [0.2, 0.25) is 0 Å². The number of urea groups is 1. The molecule has 0 bridgehead atoms. The van der Waals surface area contributed by atoms with Crippen molar-refractivity contribution in [2.75, 3.05) is 27.9 Å². The van der Waals surface area contributed by atoms with Crippen LogP contribution in [0.5, 0.6) is 17.2 Å². The van der Waals surface area contributed by atoms with Gasteiger partial charge in [0, 0.05) is 6.54 Å². The van der Waals surface area contributed by atoms with Crippen molar-refractivity contribution in [3.05, 3.63) is 53.1 Å². The van der Waals surface area contributed by atoms with E-state index in [1.54, 1.807) is 26.2 Å². The summed E-state index contributed by atoms with van der Waals surface area (Å²) >= 11 is 0. The summed E-state index contributed by atoms with van der Waals surface area (Å²) in [5, 5.41) is 11.7. The number of methoxy groups -OCH3 is 3. The maximum atomic E-state index is 13.0. The third kappa shape index (κ3) is 4.12. The van der Waals surface area contributed by atoms with E-state index in [4.69, 9.17) is 14.2 Å². The van der Waals surface area contributed by atoms with Gasteiger partial charge in [-0.3, -0.25) is 4.79 Å². The van der Waals surface area contributed by atoms with Gasteiger partial charge >= 0.3 is 12.0 Å². The molecule has 0 unspecified atom stereocenters. The number of fused-ring (bicyclic) bond motifs is 1. The Morgan fingerprint density at radius 2 is 1.70 bits per heavy atom. The SMILES string of the molecule is COc1ccc([C@H]2c3cc(OC)c(OC)cc3CCN2C(=O)N[C@@H](C)C(=O)O)cc1. The Labute approximate surface area is 175 Å². The fourth-order valence-corrected chi connectivity index (χ4v) is 3.64. The van der Waals surface area contributed by atoms with Crippen molar-refractivity contribution in [2.24, 2.45) is 0 Å². The van der Waals surface area contributed by atoms with Crippen molar-refractivity contribution in [3.63, 3.8) is 0 Å². The van der Waals surface area contributed by atoms with Crippen LogP contribution in [0.3, 0.4) is 0 Å². The minimum atomic E-state index is -1.09. The highest BCUT2D eigenvalue weighted by atomic mass is 16.5. The van der Waals surface area contributed by atoms with E-state index >= 15 is 0 Å². The molecule has 1 aliphatic heterocycles. The predicted octanol–water partition coefficient (Wildman–Crippen LogP) is 2.84. The molecule has 0 saturated heterocycles. The zero-order valence-electron chi connectivity index (χ0n) is 17.5. The summed E-state index contributed by atoms with van der Waals surface area (Å²) < 4.78 is 16.2. The van der Waals surface area contributed by atoms with E-state index in [9.17, 15) is 14.7 Å². The maximum absolute atomic E-state index is 13.0. The first-order valence-electron chi connectivity index (χ1n) is 9.58.